The zero-order valence-electron chi connectivity index (χ0n) is 16.1. The first-order chi connectivity index (χ1) is 13.7. The van der Waals surface area contributed by atoms with Gasteiger partial charge in [-0.25, -0.2) is 0 Å². The number of nitrogens with one attached hydrogen (secondary N) is 1. The number of benzene rings is 3. The molecule has 5 heteroatoms. The molecule has 28 heavy (non-hydrogen) atoms. The van der Waals surface area contributed by atoms with E-state index in [1.54, 1.807) is 14.2 Å². The minimum absolute atomic E-state index is 0.457. The molecule has 0 aliphatic heterocycles. The second kappa shape index (κ2) is 10.0. The Morgan fingerprint density at radius 2 is 1.43 bits per heavy atom. The van der Waals surface area contributed by atoms with Gasteiger partial charge in [0.05, 0.1) is 14.2 Å². The van der Waals surface area contributed by atoms with Gasteiger partial charge in [0, 0.05) is 29.7 Å². The number of hydrogen-bond donors (Lipinski definition) is 1. The molecule has 4 nitrogen and oxygen atoms in total. The van der Waals surface area contributed by atoms with Crippen LogP contribution < -0.4 is 19.5 Å². The van der Waals surface area contributed by atoms with Crippen LogP contribution in [0, 0.1) is 0 Å². The molecule has 0 saturated heterocycles. The summed E-state index contributed by atoms with van der Waals surface area (Å²) >= 11 is 6.48. The van der Waals surface area contributed by atoms with E-state index in [1.807, 2.05) is 66.7 Å². The Morgan fingerprint density at radius 1 is 0.750 bits per heavy atom. The Morgan fingerprint density at radius 3 is 2.18 bits per heavy atom. The zero-order chi connectivity index (χ0) is 19.8. The van der Waals surface area contributed by atoms with Gasteiger partial charge in [-0.1, -0.05) is 60.1 Å². The lowest BCUT2D eigenvalue weighted by Crippen LogP contribution is -2.14. The van der Waals surface area contributed by atoms with Crippen molar-refractivity contribution >= 4 is 11.6 Å². The van der Waals surface area contributed by atoms with Crippen molar-refractivity contribution in [1.29, 1.82) is 0 Å². The molecule has 1 N–H and O–H groups in total. The number of rotatable bonds is 9. The fraction of sp³-hybridized carbons (Fsp3) is 0.217. The number of hydrogen-bond acceptors (Lipinski definition) is 4. The van der Waals surface area contributed by atoms with Crippen molar-refractivity contribution in [3.63, 3.8) is 0 Å². The van der Waals surface area contributed by atoms with Crippen molar-refractivity contribution in [2.45, 2.75) is 19.7 Å². The molecule has 0 radical (unpaired) electrons. The second-order valence-corrected chi connectivity index (χ2v) is 6.69. The monoisotopic (exact) mass is 397 g/mol. The largest absolute Gasteiger partial charge is 0.496 e. The van der Waals surface area contributed by atoms with Crippen LogP contribution in [0.1, 0.15) is 16.7 Å². The van der Waals surface area contributed by atoms with Crippen LogP contribution in [0.2, 0.25) is 5.02 Å². The van der Waals surface area contributed by atoms with Crippen molar-refractivity contribution in [1.82, 2.24) is 5.32 Å². The highest BCUT2D eigenvalue weighted by atomic mass is 35.5. The highest BCUT2D eigenvalue weighted by Gasteiger charge is 2.11. The van der Waals surface area contributed by atoms with Crippen LogP contribution >= 0.6 is 11.6 Å². The van der Waals surface area contributed by atoms with Crippen molar-refractivity contribution < 1.29 is 14.2 Å². The van der Waals surface area contributed by atoms with E-state index in [-0.39, 0.29) is 0 Å². The molecular weight excluding hydrogens is 374 g/mol. The molecular formula is C23H24ClNO3. The summed E-state index contributed by atoms with van der Waals surface area (Å²) in [6, 6.07) is 21.6. The molecule has 0 bridgehead atoms. The van der Waals surface area contributed by atoms with Crippen molar-refractivity contribution in [3.05, 3.63) is 88.4 Å². The molecule has 0 unspecified atom stereocenters. The average molecular weight is 398 g/mol. The van der Waals surface area contributed by atoms with E-state index >= 15 is 0 Å². The quantitative estimate of drug-likeness (QED) is 0.537. The van der Waals surface area contributed by atoms with Crippen molar-refractivity contribution in [2.75, 3.05) is 14.2 Å². The van der Waals surface area contributed by atoms with E-state index in [2.05, 4.69) is 5.32 Å². The van der Waals surface area contributed by atoms with E-state index in [0.29, 0.717) is 36.2 Å². The van der Waals surface area contributed by atoms with Gasteiger partial charge in [0.25, 0.3) is 0 Å². The van der Waals surface area contributed by atoms with E-state index < -0.39 is 0 Å². The molecule has 0 aromatic heterocycles. The first kappa shape index (κ1) is 20.1. The van der Waals surface area contributed by atoms with Gasteiger partial charge in [-0.3, -0.25) is 0 Å². The molecule has 3 aromatic carbocycles. The third-order valence-electron chi connectivity index (χ3n) is 4.39. The summed E-state index contributed by atoms with van der Waals surface area (Å²) in [4.78, 5) is 0. The smallest absolute Gasteiger partial charge is 0.163 e. The highest BCUT2D eigenvalue weighted by molar-refractivity contribution is 6.31. The van der Waals surface area contributed by atoms with Gasteiger partial charge >= 0.3 is 0 Å². The van der Waals surface area contributed by atoms with E-state index in [4.69, 9.17) is 25.8 Å². The molecule has 0 heterocycles. The lowest BCUT2D eigenvalue weighted by atomic mass is 10.1. The Labute approximate surface area is 171 Å². The summed E-state index contributed by atoms with van der Waals surface area (Å²) < 4.78 is 16.8. The van der Waals surface area contributed by atoms with Gasteiger partial charge in [-0.05, 0) is 23.3 Å². The second-order valence-electron chi connectivity index (χ2n) is 6.28. The summed E-state index contributed by atoms with van der Waals surface area (Å²) in [6.07, 6.45) is 0. The molecule has 3 rings (SSSR count). The Hall–Kier alpha value is -2.69. The number of para-hydroxylation sites is 1. The predicted octanol–water partition coefficient (Wildman–Crippen LogP) is 5.23. The molecule has 0 amide bonds. The van der Waals surface area contributed by atoms with Gasteiger partial charge in [0.15, 0.2) is 11.5 Å². The molecule has 3 aromatic rings. The molecule has 0 spiro atoms. The van der Waals surface area contributed by atoms with E-state index in [1.165, 1.54) is 0 Å². The summed E-state index contributed by atoms with van der Waals surface area (Å²) in [7, 11) is 3.30. The fourth-order valence-electron chi connectivity index (χ4n) is 2.90. The van der Waals surface area contributed by atoms with Crippen molar-refractivity contribution in [3.8, 4) is 17.2 Å². The number of halogens is 1. The maximum Gasteiger partial charge on any atom is 0.163 e. The van der Waals surface area contributed by atoms with Crippen LogP contribution in [0.3, 0.4) is 0 Å². The van der Waals surface area contributed by atoms with Crippen LogP contribution in [0.15, 0.2) is 66.7 Å². The minimum Gasteiger partial charge on any atom is -0.496 e. The molecule has 0 aliphatic carbocycles. The number of ether oxygens (including phenoxy) is 3. The molecule has 0 fully saturated rings. The third kappa shape index (κ3) is 5.18. The zero-order valence-corrected chi connectivity index (χ0v) is 16.8. The molecule has 0 aliphatic rings. The first-order valence-electron chi connectivity index (χ1n) is 9.07. The maximum atomic E-state index is 6.48. The van der Waals surface area contributed by atoms with Gasteiger partial charge in [0.1, 0.15) is 12.4 Å². The van der Waals surface area contributed by atoms with E-state index in [0.717, 1.165) is 22.4 Å². The standard InChI is InChI=1S/C23H24ClNO3/c1-26-21-11-7-6-10-18(21)14-25-15-19-12-22(27-2)23(13-20(19)24)28-16-17-8-4-3-5-9-17/h3-13,25H,14-16H2,1-2H3. The van der Waals surface area contributed by atoms with E-state index in [9.17, 15) is 0 Å². The lowest BCUT2D eigenvalue weighted by Gasteiger charge is -2.15. The predicted molar refractivity (Wildman–Crippen MR) is 112 cm³/mol. The Kier molecular flexibility index (Phi) is 7.18. The Bertz CT molecular complexity index is 900. The van der Waals surface area contributed by atoms with Crippen LogP contribution in [-0.2, 0) is 19.7 Å². The molecule has 146 valence electrons. The van der Waals surface area contributed by atoms with Gasteiger partial charge in [-0.2, -0.15) is 0 Å². The molecule has 0 saturated carbocycles. The van der Waals surface area contributed by atoms with Gasteiger partial charge in [-0.15, -0.1) is 0 Å². The summed E-state index contributed by atoms with van der Waals surface area (Å²) in [5, 5.41) is 4.04. The minimum atomic E-state index is 0.457. The average Bonchev–Trinajstić information content (AvgIpc) is 2.74. The van der Waals surface area contributed by atoms with Crippen molar-refractivity contribution in [2.24, 2.45) is 0 Å². The first-order valence-corrected chi connectivity index (χ1v) is 9.44. The fourth-order valence-corrected chi connectivity index (χ4v) is 3.12. The normalized spacial score (nSPS) is 10.5. The van der Waals surface area contributed by atoms with Gasteiger partial charge < -0.3 is 19.5 Å². The number of methoxy groups -OCH3 is 2. The SMILES string of the molecule is COc1ccccc1CNCc1cc(OC)c(OCc2ccccc2)cc1Cl. The summed E-state index contributed by atoms with van der Waals surface area (Å²) in [5.74, 6) is 2.16. The third-order valence-corrected chi connectivity index (χ3v) is 4.75. The topological polar surface area (TPSA) is 39.7 Å². The lowest BCUT2D eigenvalue weighted by molar-refractivity contribution is 0.284. The van der Waals surface area contributed by atoms with Gasteiger partial charge in [0.2, 0.25) is 0 Å². The highest BCUT2D eigenvalue weighted by Crippen LogP contribution is 2.34. The van der Waals surface area contributed by atoms with Crippen LogP contribution in [0.5, 0.6) is 17.2 Å². The summed E-state index contributed by atoms with van der Waals surface area (Å²) in [6.45, 7) is 1.74. The van der Waals surface area contributed by atoms with Crippen LogP contribution in [0.25, 0.3) is 0 Å². The Balaban J connectivity index is 1.65. The summed E-state index contributed by atoms with van der Waals surface area (Å²) in [5.41, 5.74) is 3.12. The van der Waals surface area contributed by atoms with Crippen LogP contribution in [0.4, 0.5) is 0 Å². The molecule has 0 atom stereocenters. The maximum absolute atomic E-state index is 6.48. The van der Waals surface area contributed by atoms with Crippen LogP contribution in [-0.4, -0.2) is 14.2 Å².